The number of hydrogen-bond donors (Lipinski definition) is 1. The third-order valence-corrected chi connectivity index (χ3v) is 2.66. The summed E-state index contributed by atoms with van der Waals surface area (Å²) in [5.74, 6) is -0.629. The van der Waals surface area contributed by atoms with Crippen molar-refractivity contribution in [1.82, 2.24) is 4.90 Å². The molecule has 0 radical (unpaired) electrons. The van der Waals surface area contributed by atoms with Crippen LogP contribution in [0.4, 0.5) is 0 Å². The van der Waals surface area contributed by atoms with Gasteiger partial charge >= 0.3 is 5.97 Å². The Balaban J connectivity index is 2.86. The SMILES string of the molecule is CC(C)Oc1ccc(C(=O)N(CC(=O)O)C(C)C)cc1. The van der Waals surface area contributed by atoms with Gasteiger partial charge in [-0.15, -0.1) is 0 Å². The molecule has 0 saturated carbocycles. The fourth-order valence-electron chi connectivity index (χ4n) is 1.75. The Kier molecular flexibility index (Phi) is 5.55. The summed E-state index contributed by atoms with van der Waals surface area (Å²) in [6, 6.07) is 6.55. The predicted molar refractivity (Wildman–Crippen MR) is 76.0 cm³/mol. The van der Waals surface area contributed by atoms with Crippen LogP contribution in [-0.4, -0.2) is 40.6 Å². The highest BCUT2D eigenvalue weighted by Gasteiger charge is 2.21. The maximum Gasteiger partial charge on any atom is 0.323 e. The molecule has 0 spiro atoms. The zero-order chi connectivity index (χ0) is 15.3. The molecular formula is C15H21NO4. The first-order valence-electron chi connectivity index (χ1n) is 6.60. The molecule has 0 aliphatic rings. The van der Waals surface area contributed by atoms with E-state index in [-0.39, 0.29) is 24.6 Å². The number of benzene rings is 1. The molecule has 0 saturated heterocycles. The fourth-order valence-corrected chi connectivity index (χ4v) is 1.75. The van der Waals surface area contributed by atoms with Gasteiger partial charge in [-0.25, -0.2) is 0 Å². The summed E-state index contributed by atoms with van der Waals surface area (Å²) >= 11 is 0. The summed E-state index contributed by atoms with van der Waals surface area (Å²) in [5, 5.41) is 8.86. The second-order valence-corrected chi connectivity index (χ2v) is 5.11. The molecule has 0 aromatic heterocycles. The zero-order valence-corrected chi connectivity index (χ0v) is 12.3. The van der Waals surface area contributed by atoms with E-state index in [1.54, 1.807) is 38.1 Å². The molecule has 0 aliphatic heterocycles. The topological polar surface area (TPSA) is 66.8 Å². The summed E-state index contributed by atoms with van der Waals surface area (Å²) in [6.45, 7) is 7.12. The third-order valence-electron chi connectivity index (χ3n) is 2.66. The molecule has 1 aromatic rings. The van der Waals surface area contributed by atoms with Gasteiger partial charge in [0, 0.05) is 11.6 Å². The molecule has 0 aliphatic carbocycles. The lowest BCUT2D eigenvalue weighted by Crippen LogP contribution is -2.40. The molecule has 0 atom stereocenters. The molecule has 0 fully saturated rings. The van der Waals surface area contributed by atoms with E-state index in [9.17, 15) is 9.59 Å². The van der Waals surface area contributed by atoms with Crippen molar-refractivity contribution in [2.45, 2.75) is 39.8 Å². The van der Waals surface area contributed by atoms with Crippen molar-refractivity contribution in [2.75, 3.05) is 6.54 Å². The van der Waals surface area contributed by atoms with E-state index in [1.165, 1.54) is 4.90 Å². The number of hydrogen-bond acceptors (Lipinski definition) is 3. The maximum absolute atomic E-state index is 12.3. The van der Waals surface area contributed by atoms with Crippen LogP contribution in [0.5, 0.6) is 5.75 Å². The molecule has 20 heavy (non-hydrogen) atoms. The normalized spacial score (nSPS) is 10.7. The van der Waals surface area contributed by atoms with Gasteiger partial charge in [0.25, 0.3) is 5.91 Å². The van der Waals surface area contributed by atoms with Crippen LogP contribution in [-0.2, 0) is 4.79 Å². The highest BCUT2D eigenvalue weighted by molar-refractivity contribution is 5.96. The minimum atomic E-state index is -1.02. The highest BCUT2D eigenvalue weighted by Crippen LogP contribution is 2.16. The summed E-state index contributed by atoms with van der Waals surface area (Å²) < 4.78 is 5.50. The van der Waals surface area contributed by atoms with E-state index >= 15 is 0 Å². The largest absolute Gasteiger partial charge is 0.491 e. The van der Waals surface area contributed by atoms with Crippen LogP contribution in [0.25, 0.3) is 0 Å². The van der Waals surface area contributed by atoms with Crippen LogP contribution < -0.4 is 4.74 Å². The van der Waals surface area contributed by atoms with E-state index in [1.807, 2.05) is 13.8 Å². The smallest absolute Gasteiger partial charge is 0.323 e. The Bertz CT molecular complexity index is 465. The van der Waals surface area contributed by atoms with Crippen LogP contribution >= 0.6 is 0 Å². The average Bonchev–Trinajstić information content (AvgIpc) is 2.35. The molecular weight excluding hydrogens is 258 g/mol. The van der Waals surface area contributed by atoms with Crippen LogP contribution in [0.1, 0.15) is 38.1 Å². The lowest BCUT2D eigenvalue weighted by Gasteiger charge is -2.25. The maximum atomic E-state index is 12.3. The quantitative estimate of drug-likeness (QED) is 0.868. The van der Waals surface area contributed by atoms with Crippen LogP contribution in [0.15, 0.2) is 24.3 Å². The summed E-state index contributed by atoms with van der Waals surface area (Å²) in [6.07, 6.45) is 0.0655. The van der Waals surface area contributed by atoms with Gasteiger partial charge in [0.1, 0.15) is 12.3 Å². The standard InChI is InChI=1S/C15H21NO4/c1-10(2)16(9-14(17)18)15(19)12-5-7-13(8-6-12)20-11(3)4/h5-8,10-11H,9H2,1-4H3,(H,17,18). The number of carboxylic acids is 1. The van der Waals surface area contributed by atoms with Crippen molar-refractivity contribution < 1.29 is 19.4 Å². The highest BCUT2D eigenvalue weighted by atomic mass is 16.5. The number of carbonyl (C=O) groups excluding carboxylic acids is 1. The predicted octanol–water partition coefficient (Wildman–Crippen LogP) is 2.41. The first-order valence-corrected chi connectivity index (χ1v) is 6.60. The van der Waals surface area contributed by atoms with Crippen molar-refractivity contribution in [3.8, 4) is 5.75 Å². The van der Waals surface area contributed by atoms with Gasteiger partial charge in [0.05, 0.1) is 6.10 Å². The number of amides is 1. The molecule has 0 heterocycles. The van der Waals surface area contributed by atoms with E-state index in [2.05, 4.69) is 0 Å². The van der Waals surface area contributed by atoms with Gasteiger partial charge in [-0.3, -0.25) is 9.59 Å². The second-order valence-electron chi connectivity index (χ2n) is 5.11. The zero-order valence-electron chi connectivity index (χ0n) is 12.3. The summed E-state index contributed by atoms with van der Waals surface area (Å²) in [5.41, 5.74) is 0.455. The number of nitrogens with zero attached hydrogens (tertiary/aromatic N) is 1. The Hall–Kier alpha value is -2.04. The van der Waals surface area contributed by atoms with Crippen LogP contribution in [0.3, 0.4) is 0 Å². The van der Waals surface area contributed by atoms with Gasteiger partial charge in [-0.1, -0.05) is 0 Å². The molecule has 0 unspecified atom stereocenters. The van der Waals surface area contributed by atoms with Crippen molar-refractivity contribution in [2.24, 2.45) is 0 Å². The summed E-state index contributed by atoms with van der Waals surface area (Å²) in [7, 11) is 0. The number of rotatable bonds is 6. The lowest BCUT2D eigenvalue weighted by atomic mass is 10.1. The van der Waals surface area contributed by atoms with Crippen molar-refractivity contribution in [1.29, 1.82) is 0 Å². The molecule has 1 N–H and O–H groups in total. The first-order chi connectivity index (χ1) is 9.31. The van der Waals surface area contributed by atoms with Crippen molar-refractivity contribution in [3.05, 3.63) is 29.8 Å². The molecule has 0 bridgehead atoms. The van der Waals surface area contributed by atoms with Gasteiger partial charge in [-0.05, 0) is 52.0 Å². The van der Waals surface area contributed by atoms with Gasteiger partial charge < -0.3 is 14.7 Å². The Labute approximate surface area is 119 Å². The minimum absolute atomic E-state index is 0.0655. The van der Waals surface area contributed by atoms with Gasteiger partial charge in [0.15, 0.2) is 0 Å². The number of carbonyl (C=O) groups is 2. The lowest BCUT2D eigenvalue weighted by molar-refractivity contribution is -0.138. The second kappa shape index (κ2) is 6.93. The van der Waals surface area contributed by atoms with Crippen LogP contribution in [0.2, 0.25) is 0 Å². The Morgan fingerprint density at radius 1 is 1.15 bits per heavy atom. The van der Waals surface area contributed by atoms with E-state index in [0.29, 0.717) is 11.3 Å². The fraction of sp³-hybridized carbons (Fsp3) is 0.467. The molecule has 1 aromatic carbocycles. The molecule has 5 nitrogen and oxygen atoms in total. The van der Waals surface area contributed by atoms with Crippen molar-refractivity contribution in [3.63, 3.8) is 0 Å². The molecule has 5 heteroatoms. The molecule has 1 rings (SSSR count). The average molecular weight is 279 g/mol. The van der Waals surface area contributed by atoms with Gasteiger partial charge in [0.2, 0.25) is 0 Å². The van der Waals surface area contributed by atoms with Crippen molar-refractivity contribution >= 4 is 11.9 Å². The van der Waals surface area contributed by atoms with E-state index in [4.69, 9.17) is 9.84 Å². The monoisotopic (exact) mass is 279 g/mol. The number of aliphatic carboxylic acids is 1. The van der Waals surface area contributed by atoms with E-state index < -0.39 is 5.97 Å². The number of carboxylic acid groups (broad SMARTS) is 1. The van der Waals surface area contributed by atoms with Crippen LogP contribution in [0, 0.1) is 0 Å². The number of ether oxygens (including phenoxy) is 1. The Morgan fingerprint density at radius 2 is 1.70 bits per heavy atom. The minimum Gasteiger partial charge on any atom is -0.491 e. The van der Waals surface area contributed by atoms with Gasteiger partial charge in [-0.2, -0.15) is 0 Å². The first kappa shape index (κ1) is 16.0. The molecule has 1 amide bonds. The molecule has 110 valence electrons. The van der Waals surface area contributed by atoms with E-state index in [0.717, 1.165) is 0 Å². The third kappa shape index (κ3) is 4.57. The Morgan fingerprint density at radius 3 is 2.10 bits per heavy atom. The summed E-state index contributed by atoms with van der Waals surface area (Å²) in [4.78, 5) is 24.4.